The number of rotatable bonds is 2. The summed E-state index contributed by atoms with van der Waals surface area (Å²) in [7, 11) is 0. The Morgan fingerprint density at radius 1 is 1.18 bits per heavy atom. The first kappa shape index (κ1) is 14.8. The van der Waals surface area contributed by atoms with Gasteiger partial charge in [0.05, 0.1) is 5.92 Å². The highest BCUT2D eigenvalue weighted by Crippen LogP contribution is 2.27. The summed E-state index contributed by atoms with van der Waals surface area (Å²) in [5, 5.41) is 3.20. The van der Waals surface area contributed by atoms with E-state index in [1.807, 2.05) is 0 Å². The van der Waals surface area contributed by atoms with E-state index in [2.05, 4.69) is 12.2 Å². The van der Waals surface area contributed by atoms with Crippen molar-refractivity contribution in [3.8, 4) is 0 Å². The zero-order valence-corrected chi connectivity index (χ0v) is 11.5. The van der Waals surface area contributed by atoms with Gasteiger partial charge in [-0.25, -0.2) is 0 Å². The van der Waals surface area contributed by atoms with E-state index in [0.717, 1.165) is 38.0 Å². The second-order valence-electron chi connectivity index (χ2n) is 5.68. The highest BCUT2D eigenvalue weighted by molar-refractivity contribution is 5.85. The number of carbonyl (C=O) groups excluding carboxylic acids is 1. The molecule has 0 aromatic rings. The summed E-state index contributed by atoms with van der Waals surface area (Å²) in [6.45, 7) is 2.28. The molecule has 3 nitrogen and oxygen atoms in total. The van der Waals surface area contributed by atoms with Crippen molar-refractivity contribution in [1.29, 1.82) is 0 Å². The molecule has 0 aromatic carbocycles. The standard InChI is InChI=1S/C13H24N2O.ClH/c1-9-4-2-5-10(8-9)15-13(16)11-6-3-7-12(11)14;/h9-12H,2-8,14H2,1H3,(H,15,16);1H. The summed E-state index contributed by atoms with van der Waals surface area (Å²) in [5.74, 6) is 1.05. The number of carbonyl (C=O) groups is 1. The minimum atomic E-state index is 0. The van der Waals surface area contributed by atoms with E-state index in [9.17, 15) is 4.79 Å². The van der Waals surface area contributed by atoms with Crippen LogP contribution in [0.5, 0.6) is 0 Å². The van der Waals surface area contributed by atoms with E-state index in [1.54, 1.807) is 0 Å². The predicted molar refractivity (Wildman–Crippen MR) is 72.1 cm³/mol. The first-order valence-corrected chi connectivity index (χ1v) is 6.72. The Kier molecular flexibility index (Phi) is 5.74. The molecule has 2 fully saturated rings. The lowest BCUT2D eigenvalue weighted by molar-refractivity contribution is -0.126. The number of halogens is 1. The predicted octanol–water partition coefficient (Wildman–Crippen LogP) is 2.23. The molecular formula is C13H25ClN2O. The Balaban J connectivity index is 0.00000144. The smallest absolute Gasteiger partial charge is 0.224 e. The van der Waals surface area contributed by atoms with Crippen LogP contribution in [0.4, 0.5) is 0 Å². The molecular weight excluding hydrogens is 236 g/mol. The first-order chi connectivity index (χ1) is 7.66. The van der Waals surface area contributed by atoms with Gasteiger partial charge in [-0.15, -0.1) is 12.4 Å². The number of nitrogens with two attached hydrogens (primary N) is 1. The van der Waals surface area contributed by atoms with Gasteiger partial charge in [-0.05, 0) is 31.6 Å². The van der Waals surface area contributed by atoms with Crippen LogP contribution in [-0.2, 0) is 4.79 Å². The lowest BCUT2D eigenvalue weighted by Gasteiger charge is -2.29. The van der Waals surface area contributed by atoms with E-state index in [1.165, 1.54) is 12.8 Å². The summed E-state index contributed by atoms with van der Waals surface area (Å²) in [6.07, 6.45) is 7.97. The van der Waals surface area contributed by atoms with E-state index >= 15 is 0 Å². The van der Waals surface area contributed by atoms with Crippen LogP contribution in [-0.4, -0.2) is 18.0 Å². The Morgan fingerprint density at radius 3 is 2.47 bits per heavy atom. The molecule has 0 aromatic heterocycles. The molecule has 2 rings (SSSR count). The van der Waals surface area contributed by atoms with Crippen LogP contribution >= 0.6 is 12.4 Å². The van der Waals surface area contributed by atoms with Crippen LogP contribution in [0.2, 0.25) is 0 Å². The topological polar surface area (TPSA) is 55.1 Å². The van der Waals surface area contributed by atoms with E-state index in [0.29, 0.717) is 6.04 Å². The molecule has 1 amide bonds. The van der Waals surface area contributed by atoms with Crippen LogP contribution in [0.25, 0.3) is 0 Å². The molecule has 2 aliphatic rings. The molecule has 0 spiro atoms. The number of hydrogen-bond donors (Lipinski definition) is 2. The maximum absolute atomic E-state index is 12.0. The molecule has 0 radical (unpaired) electrons. The molecule has 2 aliphatic carbocycles. The number of nitrogens with one attached hydrogen (secondary N) is 1. The summed E-state index contributed by atoms with van der Waals surface area (Å²) in [5.41, 5.74) is 5.95. The molecule has 100 valence electrons. The minimum absolute atomic E-state index is 0. The average Bonchev–Trinajstić information content (AvgIpc) is 2.64. The minimum Gasteiger partial charge on any atom is -0.353 e. The Hall–Kier alpha value is -0.280. The second-order valence-corrected chi connectivity index (χ2v) is 5.68. The molecule has 0 heterocycles. The van der Waals surface area contributed by atoms with Crippen molar-refractivity contribution in [1.82, 2.24) is 5.32 Å². The molecule has 0 aliphatic heterocycles. The summed E-state index contributed by atoms with van der Waals surface area (Å²) >= 11 is 0. The zero-order valence-electron chi connectivity index (χ0n) is 10.7. The SMILES string of the molecule is CC1CCCC(NC(=O)C2CCCC2N)C1.Cl. The van der Waals surface area contributed by atoms with Crippen molar-refractivity contribution in [3.05, 3.63) is 0 Å². The molecule has 4 unspecified atom stereocenters. The fraction of sp³-hybridized carbons (Fsp3) is 0.923. The third-order valence-electron chi connectivity index (χ3n) is 4.19. The van der Waals surface area contributed by atoms with Gasteiger partial charge in [0, 0.05) is 12.1 Å². The van der Waals surface area contributed by atoms with Gasteiger partial charge in [0.1, 0.15) is 0 Å². The van der Waals surface area contributed by atoms with E-state index in [4.69, 9.17) is 5.73 Å². The van der Waals surface area contributed by atoms with Gasteiger partial charge in [0.25, 0.3) is 0 Å². The quantitative estimate of drug-likeness (QED) is 0.800. The third-order valence-corrected chi connectivity index (χ3v) is 4.19. The van der Waals surface area contributed by atoms with Crippen LogP contribution in [0.3, 0.4) is 0 Å². The summed E-state index contributed by atoms with van der Waals surface area (Å²) < 4.78 is 0. The number of hydrogen-bond acceptors (Lipinski definition) is 2. The van der Waals surface area contributed by atoms with Gasteiger partial charge < -0.3 is 11.1 Å². The van der Waals surface area contributed by atoms with Gasteiger partial charge in [0.2, 0.25) is 5.91 Å². The molecule has 0 bridgehead atoms. The molecule has 17 heavy (non-hydrogen) atoms. The number of amides is 1. The Labute approximate surface area is 110 Å². The van der Waals surface area contributed by atoms with Gasteiger partial charge in [0.15, 0.2) is 0 Å². The molecule has 4 heteroatoms. The summed E-state index contributed by atoms with van der Waals surface area (Å²) in [4.78, 5) is 12.0. The van der Waals surface area contributed by atoms with Crippen molar-refractivity contribution in [2.75, 3.05) is 0 Å². The monoisotopic (exact) mass is 260 g/mol. The third kappa shape index (κ3) is 3.85. The Morgan fingerprint density at radius 2 is 1.88 bits per heavy atom. The average molecular weight is 261 g/mol. The largest absolute Gasteiger partial charge is 0.353 e. The lowest BCUT2D eigenvalue weighted by atomic mass is 9.86. The van der Waals surface area contributed by atoms with Gasteiger partial charge >= 0.3 is 0 Å². The Bertz CT molecular complexity index is 260. The second kappa shape index (κ2) is 6.60. The van der Waals surface area contributed by atoms with E-state index < -0.39 is 0 Å². The van der Waals surface area contributed by atoms with Crippen molar-refractivity contribution >= 4 is 18.3 Å². The zero-order chi connectivity index (χ0) is 11.5. The fourth-order valence-electron chi connectivity index (χ4n) is 3.19. The fourth-order valence-corrected chi connectivity index (χ4v) is 3.19. The van der Waals surface area contributed by atoms with Crippen molar-refractivity contribution in [2.24, 2.45) is 17.6 Å². The maximum Gasteiger partial charge on any atom is 0.224 e. The van der Waals surface area contributed by atoms with Crippen LogP contribution in [0, 0.1) is 11.8 Å². The first-order valence-electron chi connectivity index (χ1n) is 6.72. The van der Waals surface area contributed by atoms with Crippen molar-refractivity contribution in [2.45, 2.75) is 64.0 Å². The lowest BCUT2D eigenvalue weighted by Crippen LogP contribution is -2.44. The van der Waals surface area contributed by atoms with Crippen LogP contribution < -0.4 is 11.1 Å². The highest BCUT2D eigenvalue weighted by Gasteiger charge is 2.31. The van der Waals surface area contributed by atoms with Gasteiger partial charge in [-0.2, -0.15) is 0 Å². The molecule has 4 atom stereocenters. The van der Waals surface area contributed by atoms with Gasteiger partial charge in [-0.3, -0.25) is 4.79 Å². The van der Waals surface area contributed by atoms with Crippen LogP contribution in [0.15, 0.2) is 0 Å². The van der Waals surface area contributed by atoms with Crippen molar-refractivity contribution in [3.63, 3.8) is 0 Å². The molecule has 3 N–H and O–H groups in total. The molecule has 2 saturated carbocycles. The summed E-state index contributed by atoms with van der Waals surface area (Å²) in [6, 6.07) is 0.505. The van der Waals surface area contributed by atoms with Crippen LogP contribution in [0.1, 0.15) is 51.9 Å². The maximum atomic E-state index is 12.0. The van der Waals surface area contributed by atoms with E-state index in [-0.39, 0.29) is 30.3 Å². The molecule has 0 saturated heterocycles. The van der Waals surface area contributed by atoms with Crippen molar-refractivity contribution < 1.29 is 4.79 Å². The normalized spacial score (nSPS) is 37.3. The highest BCUT2D eigenvalue weighted by atomic mass is 35.5. The van der Waals surface area contributed by atoms with Gasteiger partial charge in [-0.1, -0.05) is 26.2 Å².